The van der Waals surface area contributed by atoms with E-state index in [2.05, 4.69) is 9.97 Å². The van der Waals surface area contributed by atoms with E-state index in [4.69, 9.17) is 9.47 Å². The van der Waals surface area contributed by atoms with Crippen LogP contribution in [-0.4, -0.2) is 85.6 Å². The number of morpholine rings is 1. The lowest BCUT2D eigenvalue weighted by molar-refractivity contribution is -0.0455. The Bertz CT molecular complexity index is 683. The van der Waals surface area contributed by atoms with Crippen molar-refractivity contribution in [3.63, 3.8) is 0 Å². The van der Waals surface area contributed by atoms with Gasteiger partial charge in [-0.15, -0.1) is 0 Å². The summed E-state index contributed by atoms with van der Waals surface area (Å²) >= 11 is 0. The summed E-state index contributed by atoms with van der Waals surface area (Å²) in [6.07, 6.45) is 1.45. The van der Waals surface area contributed by atoms with Gasteiger partial charge in [0.1, 0.15) is 0 Å². The molecule has 3 rings (SSSR count). The quantitative estimate of drug-likeness (QED) is 0.734. The molecule has 3 heterocycles. The summed E-state index contributed by atoms with van der Waals surface area (Å²) in [5.41, 5.74) is 0. The molecule has 140 valence electrons. The molecule has 2 saturated heterocycles. The van der Waals surface area contributed by atoms with Crippen LogP contribution in [-0.2, 0) is 14.9 Å². The maximum absolute atomic E-state index is 12.9. The molecule has 2 fully saturated rings. The second kappa shape index (κ2) is 7.40. The van der Waals surface area contributed by atoms with Gasteiger partial charge in [0, 0.05) is 51.5 Å². The van der Waals surface area contributed by atoms with Gasteiger partial charge in [-0.25, -0.2) is 4.98 Å². The zero-order valence-electron chi connectivity index (χ0n) is 14.8. The SMILES string of the molecule is COc1ccnc(N2CCN(S(=O)(=O)N3CC(C)OC(C)C3)CC2)n1. The van der Waals surface area contributed by atoms with Crippen molar-refractivity contribution < 1.29 is 17.9 Å². The van der Waals surface area contributed by atoms with Crippen molar-refractivity contribution >= 4 is 16.2 Å². The van der Waals surface area contributed by atoms with E-state index >= 15 is 0 Å². The molecule has 2 atom stereocenters. The van der Waals surface area contributed by atoms with Gasteiger partial charge in [0.25, 0.3) is 10.2 Å². The lowest BCUT2D eigenvalue weighted by Gasteiger charge is -2.40. The first-order chi connectivity index (χ1) is 11.9. The zero-order chi connectivity index (χ0) is 18.0. The van der Waals surface area contributed by atoms with Gasteiger partial charge < -0.3 is 14.4 Å². The average Bonchev–Trinajstić information content (AvgIpc) is 2.61. The van der Waals surface area contributed by atoms with E-state index in [-0.39, 0.29) is 12.2 Å². The Morgan fingerprint density at radius 3 is 2.36 bits per heavy atom. The molecule has 0 aromatic carbocycles. The first-order valence-corrected chi connectivity index (χ1v) is 9.82. The van der Waals surface area contributed by atoms with E-state index in [1.54, 1.807) is 19.4 Å². The Morgan fingerprint density at radius 1 is 1.12 bits per heavy atom. The van der Waals surface area contributed by atoms with Crippen molar-refractivity contribution in [2.24, 2.45) is 0 Å². The molecule has 0 saturated carbocycles. The molecule has 25 heavy (non-hydrogen) atoms. The fourth-order valence-electron chi connectivity index (χ4n) is 3.20. The first kappa shape index (κ1) is 18.3. The lowest BCUT2D eigenvalue weighted by atomic mass is 10.3. The Hall–Kier alpha value is -1.49. The number of anilines is 1. The molecule has 2 aliphatic heterocycles. The normalized spacial score (nSPS) is 26.6. The Morgan fingerprint density at radius 2 is 1.76 bits per heavy atom. The van der Waals surface area contributed by atoms with E-state index in [9.17, 15) is 8.42 Å². The van der Waals surface area contributed by atoms with Crippen molar-refractivity contribution in [3.05, 3.63) is 12.3 Å². The van der Waals surface area contributed by atoms with Crippen LogP contribution in [0.3, 0.4) is 0 Å². The van der Waals surface area contributed by atoms with Crippen LogP contribution in [0.4, 0.5) is 5.95 Å². The minimum atomic E-state index is -3.47. The summed E-state index contributed by atoms with van der Waals surface area (Å²) in [7, 11) is -1.92. The molecular formula is C15H25N5O4S. The van der Waals surface area contributed by atoms with E-state index < -0.39 is 10.2 Å². The van der Waals surface area contributed by atoms with Gasteiger partial charge in [-0.3, -0.25) is 0 Å². The van der Waals surface area contributed by atoms with Crippen molar-refractivity contribution in [1.29, 1.82) is 0 Å². The monoisotopic (exact) mass is 371 g/mol. The number of ether oxygens (including phenoxy) is 2. The summed E-state index contributed by atoms with van der Waals surface area (Å²) < 4.78 is 39.6. The second-order valence-electron chi connectivity index (χ2n) is 6.37. The van der Waals surface area contributed by atoms with E-state index in [0.29, 0.717) is 51.1 Å². The number of methoxy groups -OCH3 is 1. The molecule has 0 radical (unpaired) electrons. The highest BCUT2D eigenvalue weighted by Crippen LogP contribution is 2.20. The van der Waals surface area contributed by atoms with Gasteiger partial charge >= 0.3 is 0 Å². The largest absolute Gasteiger partial charge is 0.481 e. The molecule has 1 aromatic heterocycles. The zero-order valence-corrected chi connectivity index (χ0v) is 15.6. The highest BCUT2D eigenvalue weighted by molar-refractivity contribution is 7.86. The molecule has 9 nitrogen and oxygen atoms in total. The van der Waals surface area contributed by atoms with Crippen LogP contribution in [0.1, 0.15) is 13.8 Å². The predicted octanol–water partition coefficient (Wildman–Crippen LogP) is -0.0388. The summed E-state index contributed by atoms with van der Waals surface area (Å²) in [4.78, 5) is 10.5. The van der Waals surface area contributed by atoms with Crippen molar-refractivity contribution in [1.82, 2.24) is 18.6 Å². The van der Waals surface area contributed by atoms with Crippen LogP contribution in [0.25, 0.3) is 0 Å². The van der Waals surface area contributed by atoms with E-state index in [0.717, 1.165) is 0 Å². The van der Waals surface area contributed by atoms with Gasteiger partial charge in [0.2, 0.25) is 11.8 Å². The molecule has 1 aromatic rings. The average molecular weight is 371 g/mol. The standard InChI is InChI=1S/C15H25N5O4S/c1-12-10-20(11-13(2)24-12)25(21,22)19-8-6-18(7-9-19)15-16-5-4-14(17-15)23-3/h4-5,12-13H,6-11H2,1-3H3. The van der Waals surface area contributed by atoms with Gasteiger partial charge in [-0.05, 0) is 13.8 Å². The van der Waals surface area contributed by atoms with Gasteiger partial charge in [0.15, 0.2) is 0 Å². The summed E-state index contributed by atoms with van der Waals surface area (Å²) in [6.45, 7) is 6.49. The van der Waals surface area contributed by atoms with Crippen molar-refractivity contribution in [3.8, 4) is 5.88 Å². The molecule has 2 unspecified atom stereocenters. The van der Waals surface area contributed by atoms with Gasteiger partial charge in [-0.1, -0.05) is 0 Å². The maximum atomic E-state index is 12.9. The van der Waals surface area contributed by atoms with Gasteiger partial charge in [0.05, 0.1) is 19.3 Å². The molecule has 0 N–H and O–H groups in total. The van der Waals surface area contributed by atoms with Crippen LogP contribution in [0.2, 0.25) is 0 Å². The number of hydrogen-bond donors (Lipinski definition) is 0. The Kier molecular flexibility index (Phi) is 5.42. The smallest absolute Gasteiger partial charge is 0.282 e. The molecular weight excluding hydrogens is 346 g/mol. The van der Waals surface area contributed by atoms with E-state index in [1.807, 2.05) is 18.7 Å². The minimum absolute atomic E-state index is 0.0926. The highest BCUT2D eigenvalue weighted by atomic mass is 32.2. The summed E-state index contributed by atoms with van der Waals surface area (Å²) in [5.74, 6) is 1.06. The predicted molar refractivity (Wildman–Crippen MR) is 92.9 cm³/mol. The fourth-order valence-corrected chi connectivity index (χ4v) is 4.95. The highest BCUT2D eigenvalue weighted by Gasteiger charge is 2.36. The van der Waals surface area contributed by atoms with Crippen molar-refractivity contribution in [2.45, 2.75) is 26.1 Å². The molecule has 0 amide bonds. The number of nitrogens with zero attached hydrogens (tertiary/aromatic N) is 5. The van der Waals surface area contributed by atoms with Crippen LogP contribution in [0, 0.1) is 0 Å². The summed E-state index contributed by atoms with van der Waals surface area (Å²) in [5, 5.41) is 0. The molecule has 0 bridgehead atoms. The third kappa shape index (κ3) is 4.02. The topological polar surface area (TPSA) is 88.1 Å². The van der Waals surface area contributed by atoms with Crippen LogP contribution < -0.4 is 9.64 Å². The van der Waals surface area contributed by atoms with Crippen LogP contribution >= 0.6 is 0 Å². The number of rotatable bonds is 4. The Labute approximate surface area is 148 Å². The van der Waals surface area contributed by atoms with Crippen LogP contribution in [0.5, 0.6) is 5.88 Å². The third-order valence-corrected chi connectivity index (χ3v) is 6.36. The Balaban J connectivity index is 1.65. The molecule has 2 aliphatic rings. The number of piperazine rings is 1. The molecule has 10 heteroatoms. The molecule has 0 spiro atoms. The van der Waals surface area contributed by atoms with Crippen LogP contribution in [0.15, 0.2) is 12.3 Å². The summed E-state index contributed by atoms with van der Waals surface area (Å²) in [6, 6.07) is 1.69. The maximum Gasteiger partial charge on any atom is 0.282 e. The first-order valence-electron chi connectivity index (χ1n) is 8.43. The second-order valence-corrected chi connectivity index (χ2v) is 8.30. The number of aromatic nitrogens is 2. The van der Waals surface area contributed by atoms with Gasteiger partial charge in [-0.2, -0.15) is 22.0 Å². The van der Waals surface area contributed by atoms with E-state index in [1.165, 1.54) is 8.61 Å². The van der Waals surface area contributed by atoms with Crippen molar-refractivity contribution in [2.75, 3.05) is 51.3 Å². The minimum Gasteiger partial charge on any atom is -0.481 e. The lowest BCUT2D eigenvalue weighted by Crippen LogP contribution is -2.57. The third-order valence-electron chi connectivity index (χ3n) is 4.39. The number of hydrogen-bond acceptors (Lipinski definition) is 7. The molecule has 0 aliphatic carbocycles. The fraction of sp³-hybridized carbons (Fsp3) is 0.733.